The predicted molar refractivity (Wildman–Crippen MR) is 187 cm³/mol. The van der Waals surface area contributed by atoms with Crippen LogP contribution < -0.4 is 15.5 Å². The summed E-state index contributed by atoms with van der Waals surface area (Å²) in [6, 6.07) is 25.3. The molecule has 4 N–H and O–H groups in total. The molecule has 4 aromatic carbocycles. The third kappa shape index (κ3) is 9.87. The summed E-state index contributed by atoms with van der Waals surface area (Å²) in [5.74, 6) is -3.52. The van der Waals surface area contributed by atoms with Crippen LogP contribution in [0.5, 0.6) is 0 Å². The van der Waals surface area contributed by atoms with Gasteiger partial charge in [-0.1, -0.05) is 71.7 Å². The number of aromatic amines is 2. The van der Waals surface area contributed by atoms with Crippen molar-refractivity contribution in [2.24, 2.45) is 4.99 Å². The molecule has 0 radical (unpaired) electrons. The van der Waals surface area contributed by atoms with Crippen LogP contribution in [0.4, 0.5) is 0 Å². The summed E-state index contributed by atoms with van der Waals surface area (Å²) in [6.07, 6.45) is 3.77. The van der Waals surface area contributed by atoms with Gasteiger partial charge in [-0.05, 0) is 71.1 Å². The van der Waals surface area contributed by atoms with Crippen LogP contribution in [0.1, 0.15) is 27.0 Å². The third-order valence-corrected chi connectivity index (χ3v) is 8.04. The number of aromatic nitrogens is 2. The number of carboxylic acid groups (broad SMARTS) is 2. The molecule has 13 heteroatoms. The van der Waals surface area contributed by atoms with E-state index >= 15 is 0 Å². The van der Waals surface area contributed by atoms with Gasteiger partial charge in [0.1, 0.15) is 6.04 Å². The molecule has 2 atom stereocenters. The fourth-order valence-electron chi connectivity index (χ4n) is 5.06. The molecular weight excluding hydrogens is 695 g/mol. The number of para-hydroxylation sites is 2. The van der Waals surface area contributed by atoms with Gasteiger partial charge < -0.3 is 35.4 Å². The summed E-state index contributed by atoms with van der Waals surface area (Å²) >= 11 is 11.6. The Morgan fingerprint density at radius 2 is 1.18 bits per heavy atom. The predicted octanol–water partition coefficient (Wildman–Crippen LogP) is 4.16. The van der Waals surface area contributed by atoms with Crippen molar-refractivity contribution in [3.63, 3.8) is 0 Å². The van der Waals surface area contributed by atoms with Gasteiger partial charge in [0.15, 0.2) is 0 Å². The van der Waals surface area contributed by atoms with E-state index in [9.17, 15) is 29.7 Å². The summed E-state index contributed by atoms with van der Waals surface area (Å²) in [4.78, 5) is 45.1. The van der Waals surface area contributed by atoms with Crippen molar-refractivity contribution < 1.29 is 29.7 Å². The molecule has 0 fully saturated rings. The Bertz CT molecular complexity index is 2090. The minimum absolute atomic E-state index is 0. The van der Waals surface area contributed by atoms with Gasteiger partial charge in [0.25, 0.3) is 5.91 Å². The van der Waals surface area contributed by atoms with Gasteiger partial charge in [0.05, 0.1) is 12.0 Å². The number of carbonyl (C=O) groups excluding carboxylic acids is 2. The molecule has 2 heterocycles. The van der Waals surface area contributed by atoms with Crippen LogP contribution in [-0.4, -0.2) is 88.6 Å². The number of H-pyrrole nitrogens is 2. The zero-order chi connectivity index (χ0) is 34.2. The van der Waals surface area contributed by atoms with Crippen molar-refractivity contribution in [1.82, 2.24) is 15.3 Å². The van der Waals surface area contributed by atoms with Crippen LogP contribution in [-0.2, 0) is 22.4 Å². The van der Waals surface area contributed by atoms with Gasteiger partial charge in [-0.15, -0.1) is 0 Å². The van der Waals surface area contributed by atoms with Gasteiger partial charge in [0.2, 0.25) is 0 Å². The van der Waals surface area contributed by atoms with Crippen LogP contribution in [0.2, 0.25) is 10.0 Å². The van der Waals surface area contributed by atoms with E-state index in [-0.39, 0.29) is 56.1 Å². The number of nitrogens with one attached hydrogen (secondary N) is 3. The number of hydrogen-bond acceptors (Lipinski definition) is 6. The van der Waals surface area contributed by atoms with E-state index in [1.165, 1.54) is 12.1 Å². The summed E-state index contributed by atoms with van der Waals surface area (Å²) in [7, 11) is 0. The second-order valence-corrected chi connectivity index (χ2v) is 11.6. The first kappa shape index (κ1) is 37.5. The number of rotatable bonds is 10. The molecule has 0 aliphatic rings. The van der Waals surface area contributed by atoms with E-state index < -0.39 is 35.8 Å². The van der Waals surface area contributed by atoms with Crippen LogP contribution in [0.3, 0.4) is 0 Å². The number of amides is 1. The molecule has 1 amide bonds. The fraction of sp³-hybridized carbons (Fsp3) is 0.111. The molecule has 6 rings (SSSR count). The van der Waals surface area contributed by atoms with Gasteiger partial charge in [0, 0.05) is 62.6 Å². The van der Waals surface area contributed by atoms with E-state index in [2.05, 4.69) is 20.3 Å². The number of carboxylic acids is 2. The van der Waals surface area contributed by atoms with E-state index in [1.54, 1.807) is 48.8 Å². The van der Waals surface area contributed by atoms with E-state index in [0.29, 0.717) is 15.6 Å². The molecule has 0 aliphatic carbocycles. The smallest absolute Gasteiger partial charge is 0.858 e. The first-order chi connectivity index (χ1) is 23.1. The second-order valence-electron chi connectivity index (χ2n) is 10.8. The molecule has 0 bridgehead atoms. The molecule has 2 aromatic heterocycles. The maximum absolute atomic E-state index is 12.2. The monoisotopic (exact) mass is 722 g/mol. The molecule has 10 nitrogen and oxygen atoms in total. The van der Waals surface area contributed by atoms with Gasteiger partial charge in [-0.25, -0.2) is 4.79 Å². The molecular formula is C36H28CaCl2N4O6. The number of aliphatic imine (C=N–C) groups is 1. The molecule has 0 saturated carbocycles. The van der Waals surface area contributed by atoms with Gasteiger partial charge in [-0.3, -0.25) is 9.79 Å². The molecule has 6 aromatic rings. The summed E-state index contributed by atoms with van der Waals surface area (Å²) in [6.45, 7) is 0. The van der Waals surface area contributed by atoms with Gasteiger partial charge >= 0.3 is 43.7 Å². The minimum atomic E-state index is -1.39. The van der Waals surface area contributed by atoms with Crippen LogP contribution in [0.15, 0.2) is 114 Å². The average molecular weight is 724 g/mol. The van der Waals surface area contributed by atoms with E-state index in [0.717, 1.165) is 32.9 Å². The Morgan fingerprint density at radius 1 is 0.714 bits per heavy atom. The topological polar surface area (TPSA) is 174 Å². The zero-order valence-electron chi connectivity index (χ0n) is 25.9. The quantitative estimate of drug-likeness (QED) is 0.0939. The standard InChI is InChI=1S/2C18H15ClN2O3.Ca/c2*19-13-7-5-11(6-8-13)17(22)21-16(18(23)24)9-12-10-20-15-4-2-1-3-14(12)15;/h2*1-8,10,16,20H,9H2,(H,21,22)(H,23,24);/q;;+2/p-2/t2*16-;/m00./s1. The summed E-state index contributed by atoms with van der Waals surface area (Å²) in [5, 5.41) is 38.4. The number of carbonyl (C=O) groups is 3. The normalized spacial score (nSPS) is 12.3. The number of halogens is 2. The molecule has 49 heavy (non-hydrogen) atoms. The van der Waals surface area contributed by atoms with Crippen LogP contribution in [0.25, 0.3) is 21.8 Å². The SMILES string of the molecule is O=C(N[C@@H](Cc1c[nH]c2ccccc12)C(=O)O)c1ccc(Cl)cc1.O=C([O-])[C@H](Cc1c[nH]c2ccccc12)N=C([O-])c1ccc(Cl)cc1.[Ca+2]. The Morgan fingerprint density at radius 3 is 1.67 bits per heavy atom. The van der Waals surface area contributed by atoms with Crippen molar-refractivity contribution >= 4 is 106 Å². The van der Waals surface area contributed by atoms with Crippen molar-refractivity contribution in [3.8, 4) is 0 Å². The van der Waals surface area contributed by atoms with Crippen LogP contribution >= 0.6 is 23.2 Å². The van der Waals surface area contributed by atoms with Crippen molar-refractivity contribution in [1.29, 1.82) is 0 Å². The molecule has 0 spiro atoms. The van der Waals surface area contributed by atoms with E-state index in [1.807, 2.05) is 48.5 Å². The Hall–Kier alpha value is -4.32. The number of nitrogens with zero attached hydrogens (tertiary/aromatic N) is 1. The second kappa shape index (κ2) is 17.4. The average Bonchev–Trinajstić information content (AvgIpc) is 3.69. The number of hydrogen-bond donors (Lipinski definition) is 4. The van der Waals surface area contributed by atoms with Gasteiger partial charge in [-0.2, -0.15) is 0 Å². The maximum atomic E-state index is 12.2. The number of aliphatic carboxylic acids is 2. The molecule has 244 valence electrons. The largest absolute Gasteiger partial charge is 2.00 e. The molecule has 0 saturated heterocycles. The number of fused-ring (bicyclic) bond motifs is 2. The van der Waals surface area contributed by atoms with Crippen molar-refractivity contribution in [2.75, 3.05) is 0 Å². The first-order valence-electron chi connectivity index (χ1n) is 14.7. The summed E-state index contributed by atoms with van der Waals surface area (Å²) in [5.41, 5.74) is 4.09. The fourth-order valence-corrected chi connectivity index (χ4v) is 5.31. The number of benzene rings is 4. The Kier molecular flexibility index (Phi) is 13.3. The van der Waals surface area contributed by atoms with Crippen molar-refractivity contribution in [2.45, 2.75) is 24.9 Å². The maximum Gasteiger partial charge on any atom is 2.00 e. The summed E-state index contributed by atoms with van der Waals surface area (Å²) < 4.78 is 0. The molecule has 0 unspecified atom stereocenters. The third-order valence-electron chi connectivity index (χ3n) is 7.53. The van der Waals surface area contributed by atoms with Crippen LogP contribution in [0, 0.1) is 0 Å². The van der Waals surface area contributed by atoms with E-state index in [4.69, 9.17) is 23.2 Å². The Balaban J connectivity index is 0.000000216. The first-order valence-corrected chi connectivity index (χ1v) is 15.5. The zero-order valence-corrected chi connectivity index (χ0v) is 29.6. The minimum Gasteiger partial charge on any atom is -0.858 e. The molecule has 0 aliphatic heterocycles. The Labute approximate surface area is 320 Å². The van der Waals surface area contributed by atoms with Crippen molar-refractivity contribution in [3.05, 3.63) is 142 Å².